The molecule has 0 spiro atoms. The van der Waals surface area contributed by atoms with E-state index in [0.29, 0.717) is 16.8 Å². The molecule has 2 N–H and O–H groups in total. The molecule has 2 aromatic carbocycles. The van der Waals surface area contributed by atoms with Gasteiger partial charge in [-0.05, 0) is 36.4 Å². The predicted molar refractivity (Wildman–Crippen MR) is 101 cm³/mol. The molecule has 2 aromatic heterocycles. The summed E-state index contributed by atoms with van der Waals surface area (Å²) in [5.41, 5.74) is 2.61. The molecule has 4 rings (SSSR count). The standard InChI is InChI=1S/C19H14N2O5S/c1-27(24,25)26-12-8-6-11(7-9-12)17-18-14(10-16(21-17)19(22)23)13-4-2-3-5-15(13)20-18/h2-10,20H,1H3,(H,22,23). The Bertz CT molecular complexity index is 1290. The normalized spacial score (nSPS) is 11.7. The van der Waals surface area contributed by atoms with Crippen LogP contribution in [0.15, 0.2) is 54.6 Å². The van der Waals surface area contributed by atoms with Gasteiger partial charge >= 0.3 is 16.1 Å². The molecule has 0 aliphatic heterocycles. The van der Waals surface area contributed by atoms with Crippen molar-refractivity contribution >= 4 is 37.9 Å². The molecule has 0 unspecified atom stereocenters. The Morgan fingerprint density at radius 1 is 1.07 bits per heavy atom. The largest absolute Gasteiger partial charge is 0.477 e. The van der Waals surface area contributed by atoms with Crippen LogP contribution in [0.5, 0.6) is 5.75 Å². The van der Waals surface area contributed by atoms with Gasteiger partial charge in [-0.3, -0.25) is 0 Å². The minimum atomic E-state index is -3.62. The average molecular weight is 382 g/mol. The minimum Gasteiger partial charge on any atom is -0.477 e. The van der Waals surface area contributed by atoms with Crippen LogP contribution in [0.4, 0.5) is 0 Å². The molecule has 0 aliphatic rings. The number of para-hydroxylation sites is 1. The topological polar surface area (TPSA) is 109 Å². The van der Waals surface area contributed by atoms with Crippen LogP contribution in [-0.2, 0) is 10.1 Å². The molecule has 0 fully saturated rings. The van der Waals surface area contributed by atoms with Crippen molar-refractivity contribution < 1.29 is 22.5 Å². The molecular weight excluding hydrogens is 368 g/mol. The Morgan fingerprint density at radius 2 is 1.78 bits per heavy atom. The lowest BCUT2D eigenvalue weighted by molar-refractivity contribution is 0.0691. The highest BCUT2D eigenvalue weighted by Gasteiger charge is 2.16. The van der Waals surface area contributed by atoms with Crippen LogP contribution < -0.4 is 4.18 Å². The van der Waals surface area contributed by atoms with Gasteiger partial charge in [-0.25, -0.2) is 9.78 Å². The van der Waals surface area contributed by atoms with Crippen molar-refractivity contribution in [2.24, 2.45) is 0 Å². The second-order valence-electron chi connectivity index (χ2n) is 6.07. The molecule has 0 radical (unpaired) electrons. The summed E-state index contributed by atoms with van der Waals surface area (Å²) in [6, 6.07) is 15.4. The SMILES string of the molecule is CS(=O)(=O)Oc1ccc(-c2nc(C(=O)O)cc3c2[nH]c2ccccc23)cc1. The third-order valence-corrected chi connectivity index (χ3v) is 4.59. The first-order chi connectivity index (χ1) is 12.8. The van der Waals surface area contributed by atoms with Crippen LogP contribution >= 0.6 is 0 Å². The third-order valence-electron chi connectivity index (χ3n) is 4.09. The van der Waals surface area contributed by atoms with Crippen molar-refractivity contribution in [1.82, 2.24) is 9.97 Å². The van der Waals surface area contributed by atoms with E-state index in [-0.39, 0.29) is 11.4 Å². The van der Waals surface area contributed by atoms with Gasteiger partial charge in [0.15, 0.2) is 0 Å². The molecule has 7 nitrogen and oxygen atoms in total. The van der Waals surface area contributed by atoms with Gasteiger partial charge in [0.25, 0.3) is 0 Å². The summed E-state index contributed by atoms with van der Waals surface area (Å²) in [4.78, 5) is 19.1. The lowest BCUT2D eigenvalue weighted by Gasteiger charge is -2.07. The van der Waals surface area contributed by atoms with Gasteiger partial charge in [0.1, 0.15) is 11.4 Å². The highest BCUT2D eigenvalue weighted by molar-refractivity contribution is 7.86. The molecule has 0 aliphatic carbocycles. The molecule has 0 saturated carbocycles. The summed E-state index contributed by atoms with van der Waals surface area (Å²) in [7, 11) is -3.62. The van der Waals surface area contributed by atoms with E-state index in [1.165, 1.54) is 12.1 Å². The van der Waals surface area contributed by atoms with Gasteiger partial charge in [0.2, 0.25) is 0 Å². The number of pyridine rings is 1. The van der Waals surface area contributed by atoms with Crippen LogP contribution in [-0.4, -0.2) is 35.7 Å². The predicted octanol–water partition coefficient (Wildman–Crippen LogP) is 3.42. The van der Waals surface area contributed by atoms with E-state index < -0.39 is 16.1 Å². The summed E-state index contributed by atoms with van der Waals surface area (Å²) in [6.45, 7) is 0. The molecule has 0 bridgehead atoms. The van der Waals surface area contributed by atoms with Crippen LogP contribution in [0, 0.1) is 0 Å². The lowest BCUT2D eigenvalue weighted by Crippen LogP contribution is -2.05. The number of fused-ring (bicyclic) bond motifs is 3. The Morgan fingerprint density at radius 3 is 2.44 bits per heavy atom. The zero-order valence-corrected chi connectivity index (χ0v) is 14.9. The highest BCUT2D eigenvalue weighted by atomic mass is 32.2. The number of aromatic nitrogens is 2. The van der Waals surface area contributed by atoms with Crippen molar-refractivity contribution in [3.63, 3.8) is 0 Å². The van der Waals surface area contributed by atoms with Gasteiger partial charge in [-0.1, -0.05) is 18.2 Å². The van der Waals surface area contributed by atoms with E-state index >= 15 is 0 Å². The summed E-state index contributed by atoms with van der Waals surface area (Å²) in [5.74, 6) is -0.955. The maximum atomic E-state index is 11.5. The highest BCUT2D eigenvalue weighted by Crippen LogP contribution is 2.33. The fourth-order valence-corrected chi connectivity index (χ4v) is 3.47. The molecule has 136 valence electrons. The number of hydrogen-bond acceptors (Lipinski definition) is 5. The van der Waals surface area contributed by atoms with Crippen molar-refractivity contribution in [1.29, 1.82) is 0 Å². The average Bonchev–Trinajstić information content (AvgIpc) is 2.99. The Hall–Kier alpha value is -3.39. The molecule has 2 heterocycles. The summed E-state index contributed by atoms with van der Waals surface area (Å²) < 4.78 is 27.3. The van der Waals surface area contributed by atoms with Gasteiger partial charge in [0, 0.05) is 21.9 Å². The number of carboxylic acids is 1. The second kappa shape index (κ2) is 6.10. The van der Waals surface area contributed by atoms with E-state index in [2.05, 4.69) is 9.97 Å². The van der Waals surface area contributed by atoms with Gasteiger partial charge in [-0.15, -0.1) is 0 Å². The van der Waals surface area contributed by atoms with Crippen LogP contribution in [0.2, 0.25) is 0 Å². The van der Waals surface area contributed by atoms with Crippen molar-refractivity contribution in [3.8, 4) is 17.0 Å². The zero-order valence-electron chi connectivity index (χ0n) is 14.1. The fourth-order valence-electron chi connectivity index (χ4n) is 3.01. The molecule has 8 heteroatoms. The monoisotopic (exact) mass is 382 g/mol. The number of rotatable bonds is 4. The number of aromatic carboxylic acids is 1. The van der Waals surface area contributed by atoms with Crippen molar-refractivity contribution in [2.45, 2.75) is 0 Å². The van der Waals surface area contributed by atoms with Gasteiger partial charge in [0.05, 0.1) is 17.5 Å². The molecule has 0 saturated heterocycles. The van der Waals surface area contributed by atoms with Crippen LogP contribution in [0.1, 0.15) is 10.5 Å². The van der Waals surface area contributed by atoms with E-state index in [1.807, 2.05) is 24.3 Å². The molecule has 27 heavy (non-hydrogen) atoms. The van der Waals surface area contributed by atoms with Gasteiger partial charge < -0.3 is 14.3 Å². The number of nitrogens with one attached hydrogen (secondary N) is 1. The number of hydrogen-bond donors (Lipinski definition) is 2. The Kier molecular flexibility index (Phi) is 3.85. The van der Waals surface area contributed by atoms with E-state index in [0.717, 1.165) is 22.5 Å². The number of carboxylic acid groups (broad SMARTS) is 1. The zero-order chi connectivity index (χ0) is 19.2. The van der Waals surface area contributed by atoms with Crippen molar-refractivity contribution in [3.05, 3.63) is 60.3 Å². The molecular formula is C19H14N2O5S. The van der Waals surface area contributed by atoms with Crippen LogP contribution in [0.3, 0.4) is 0 Å². The summed E-state index contributed by atoms with van der Waals surface area (Å²) >= 11 is 0. The Balaban J connectivity index is 1.93. The summed E-state index contributed by atoms with van der Waals surface area (Å²) in [6.07, 6.45) is 0.965. The third kappa shape index (κ3) is 3.22. The smallest absolute Gasteiger partial charge is 0.354 e. The van der Waals surface area contributed by atoms with Gasteiger partial charge in [-0.2, -0.15) is 8.42 Å². The van der Waals surface area contributed by atoms with Crippen molar-refractivity contribution in [2.75, 3.05) is 6.26 Å². The number of benzene rings is 2. The number of nitrogens with zero attached hydrogens (tertiary/aromatic N) is 1. The number of aromatic amines is 1. The number of carbonyl (C=O) groups is 1. The molecule has 0 atom stereocenters. The quantitative estimate of drug-likeness (QED) is 0.524. The lowest BCUT2D eigenvalue weighted by atomic mass is 10.1. The Labute approximate surface area is 154 Å². The summed E-state index contributed by atoms with van der Waals surface area (Å²) in [5, 5.41) is 11.1. The fraction of sp³-hybridized carbons (Fsp3) is 0.0526. The number of H-pyrrole nitrogens is 1. The molecule has 4 aromatic rings. The van der Waals surface area contributed by atoms with E-state index in [1.54, 1.807) is 18.2 Å². The van der Waals surface area contributed by atoms with Crippen LogP contribution in [0.25, 0.3) is 33.1 Å². The van der Waals surface area contributed by atoms with E-state index in [9.17, 15) is 18.3 Å². The minimum absolute atomic E-state index is 0.0706. The molecule has 0 amide bonds. The van der Waals surface area contributed by atoms with E-state index in [4.69, 9.17) is 4.18 Å². The maximum Gasteiger partial charge on any atom is 0.354 e. The first kappa shape index (κ1) is 17.0. The first-order valence-electron chi connectivity index (χ1n) is 7.96. The second-order valence-corrected chi connectivity index (χ2v) is 7.64. The maximum absolute atomic E-state index is 11.5. The first-order valence-corrected chi connectivity index (χ1v) is 9.78.